The van der Waals surface area contributed by atoms with Crippen LogP contribution in [0.25, 0.3) is 0 Å². The Labute approximate surface area is 128 Å². The topological polar surface area (TPSA) is 81.2 Å². The van der Waals surface area contributed by atoms with Crippen molar-refractivity contribution in [2.75, 3.05) is 13.1 Å². The molecule has 0 radical (unpaired) electrons. The van der Waals surface area contributed by atoms with Crippen LogP contribution < -0.4 is 11.3 Å². The fourth-order valence-electron chi connectivity index (χ4n) is 2.83. The molecule has 3 rings (SSSR count). The molecular weight excluding hydrogens is 280 g/mol. The van der Waals surface area contributed by atoms with Crippen molar-refractivity contribution in [1.82, 2.24) is 14.7 Å². The highest BCUT2D eigenvalue weighted by atomic mass is 16.2. The Morgan fingerprint density at radius 1 is 1.18 bits per heavy atom. The molecule has 0 aliphatic carbocycles. The maximum Gasteiger partial charge on any atom is 0.274 e. The molecule has 1 saturated heterocycles. The average molecular weight is 298 g/mol. The quantitative estimate of drug-likeness (QED) is 0.867. The number of carbonyl (C=O) groups is 1. The van der Waals surface area contributed by atoms with Gasteiger partial charge in [-0.1, -0.05) is 30.3 Å². The van der Waals surface area contributed by atoms with Crippen LogP contribution in [0.15, 0.2) is 47.3 Å². The summed E-state index contributed by atoms with van der Waals surface area (Å²) < 4.78 is 1.16. The van der Waals surface area contributed by atoms with E-state index in [4.69, 9.17) is 5.73 Å². The van der Waals surface area contributed by atoms with Gasteiger partial charge in [0.25, 0.3) is 11.5 Å². The Hall–Kier alpha value is -2.47. The molecule has 1 aromatic carbocycles. The van der Waals surface area contributed by atoms with Crippen molar-refractivity contribution in [3.63, 3.8) is 0 Å². The second-order valence-electron chi connectivity index (χ2n) is 5.57. The Morgan fingerprint density at radius 2 is 1.91 bits per heavy atom. The van der Waals surface area contributed by atoms with Crippen LogP contribution in [0.5, 0.6) is 0 Å². The Kier molecular flexibility index (Phi) is 3.77. The molecule has 0 unspecified atom stereocenters. The fourth-order valence-corrected chi connectivity index (χ4v) is 2.83. The van der Waals surface area contributed by atoms with Gasteiger partial charge in [0, 0.05) is 38.2 Å². The number of rotatable bonds is 2. The lowest BCUT2D eigenvalue weighted by atomic mass is 9.95. The van der Waals surface area contributed by atoms with E-state index in [1.807, 2.05) is 30.3 Å². The summed E-state index contributed by atoms with van der Waals surface area (Å²) in [6.07, 6.45) is 0. The number of amides is 1. The predicted octanol–water partition coefficient (Wildman–Crippen LogP) is 0.347. The fraction of sp³-hybridized carbons (Fsp3) is 0.312. The number of benzene rings is 1. The highest BCUT2D eigenvalue weighted by Crippen LogP contribution is 2.27. The number of carbonyl (C=O) groups excluding carboxylic acids is 1. The number of hydrogen-bond acceptors (Lipinski definition) is 4. The summed E-state index contributed by atoms with van der Waals surface area (Å²) in [5, 5.41) is 4.01. The van der Waals surface area contributed by atoms with Crippen molar-refractivity contribution in [3.8, 4) is 0 Å². The summed E-state index contributed by atoms with van der Waals surface area (Å²) in [7, 11) is 1.53. The van der Waals surface area contributed by atoms with E-state index in [9.17, 15) is 9.59 Å². The number of aromatic nitrogens is 2. The van der Waals surface area contributed by atoms with Crippen LogP contribution in [0.1, 0.15) is 22.0 Å². The number of nitrogens with zero attached hydrogens (tertiary/aromatic N) is 3. The van der Waals surface area contributed by atoms with Gasteiger partial charge < -0.3 is 10.6 Å². The van der Waals surface area contributed by atoms with Crippen molar-refractivity contribution >= 4 is 5.91 Å². The zero-order valence-electron chi connectivity index (χ0n) is 12.3. The van der Waals surface area contributed by atoms with E-state index < -0.39 is 0 Å². The molecule has 114 valence electrons. The first-order valence-electron chi connectivity index (χ1n) is 7.20. The van der Waals surface area contributed by atoms with E-state index in [0.29, 0.717) is 13.1 Å². The SMILES string of the molecule is Cn1nc(C(=O)N2C[C@@H](N)[C@H](c3ccccc3)C2)ccc1=O. The molecular formula is C16H18N4O2. The summed E-state index contributed by atoms with van der Waals surface area (Å²) in [5.74, 6) is -0.0674. The summed E-state index contributed by atoms with van der Waals surface area (Å²) in [5.41, 5.74) is 7.37. The van der Waals surface area contributed by atoms with Gasteiger partial charge in [0.1, 0.15) is 5.69 Å². The Bertz CT molecular complexity index is 741. The maximum absolute atomic E-state index is 12.5. The zero-order chi connectivity index (χ0) is 15.7. The molecule has 0 bridgehead atoms. The third-order valence-electron chi connectivity index (χ3n) is 4.06. The van der Waals surface area contributed by atoms with Crippen molar-refractivity contribution in [2.24, 2.45) is 12.8 Å². The van der Waals surface area contributed by atoms with Gasteiger partial charge >= 0.3 is 0 Å². The minimum Gasteiger partial charge on any atom is -0.335 e. The van der Waals surface area contributed by atoms with E-state index >= 15 is 0 Å². The van der Waals surface area contributed by atoms with E-state index in [0.717, 1.165) is 10.2 Å². The number of likely N-dealkylation sites (tertiary alicyclic amines) is 1. The molecule has 6 heteroatoms. The standard InChI is InChI=1S/C16H18N4O2/c1-19-15(21)8-7-14(18-19)16(22)20-9-12(13(17)10-20)11-5-3-2-4-6-11/h2-8,12-13H,9-10,17H2,1H3/t12-,13+/m0/s1. The largest absolute Gasteiger partial charge is 0.335 e. The molecule has 1 amide bonds. The first-order valence-corrected chi connectivity index (χ1v) is 7.20. The molecule has 1 aliphatic rings. The van der Waals surface area contributed by atoms with Gasteiger partial charge in [0.05, 0.1) is 0 Å². The minimum atomic E-state index is -0.239. The number of aryl methyl sites for hydroxylation is 1. The summed E-state index contributed by atoms with van der Waals surface area (Å²) in [4.78, 5) is 25.6. The van der Waals surface area contributed by atoms with E-state index in [2.05, 4.69) is 5.10 Å². The van der Waals surface area contributed by atoms with Crippen molar-refractivity contribution < 1.29 is 4.79 Å². The molecule has 6 nitrogen and oxygen atoms in total. The second kappa shape index (κ2) is 5.73. The molecule has 0 spiro atoms. The van der Waals surface area contributed by atoms with Crippen LogP contribution in [0.3, 0.4) is 0 Å². The number of hydrogen-bond donors (Lipinski definition) is 1. The van der Waals surface area contributed by atoms with E-state index in [1.165, 1.54) is 19.2 Å². The lowest BCUT2D eigenvalue weighted by Gasteiger charge is -2.16. The van der Waals surface area contributed by atoms with Gasteiger partial charge in [0.15, 0.2) is 0 Å². The highest BCUT2D eigenvalue weighted by Gasteiger charge is 2.34. The van der Waals surface area contributed by atoms with Crippen LogP contribution in [0.4, 0.5) is 0 Å². The predicted molar refractivity (Wildman–Crippen MR) is 82.5 cm³/mol. The summed E-state index contributed by atoms with van der Waals surface area (Å²) in [6, 6.07) is 12.7. The van der Waals surface area contributed by atoms with E-state index in [1.54, 1.807) is 4.90 Å². The molecule has 1 aliphatic heterocycles. The van der Waals surface area contributed by atoms with Gasteiger partial charge in [-0.3, -0.25) is 9.59 Å². The first-order chi connectivity index (χ1) is 10.6. The van der Waals surface area contributed by atoms with Crippen LogP contribution in [-0.4, -0.2) is 39.7 Å². The molecule has 0 saturated carbocycles. The van der Waals surface area contributed by atoms with E-state index in [-0.39, 0.29) is 29.1 Å². The second-order valence-corrected chi connectivity index (χ2v) is 5.57. The third-order valence-corrected chi connectivity index (χ3v) is 4.06. The molecule has 2 aromatic rings. The summed E-state index contributed by atoms with van der Waals surface area (Å²) >= 11 is 0. The molecule has 2 atom stereocenters. The maximum atomic E-state index is 12.5. The molecule has 22 heavy (non-hydrogen) atoms. The third kappa shape index (κ3) is 2.65. The van der Waals surface area contributed by atoms with Crippen molar-refractivity contribution in [3.05, 3.63) is 64.1 Å². The molecule has 1 aromatic heterocycles. The highest BCUT2D eigenvalue weighted by molar-refractivity contribution is 5.92. The minimum absolute atomic E-state index is 0.0983. The molecule has 2 heterocycles. The Morgan fingerprint density at radius 3 is 2.59 bits per heavy atom. The van der Waals surface area contributed by atoms with Crippen molar-refractivity contribution in [1.29, 1.82) is 0 Å². The normalized spacial score (nSPS) is 21.1. The van der Waals surface area contributed by atoms with Crippen LogP contribution in [0, 0.1) is 0 Å². The lowest BCUT2D eigenvalue weighted by Crippen LogP contribution is -2.34. The molecule has 1 fully saturated rings. The van der Waals surface area contributed by atoms with Crippen LogP contribution in [-0.2, 0) is 7.05 Å². The lowest BCUT2D eigenvalue weighted by molar-refractivity contribution is 0.0780. The van der Waals surface area contributed by atoms with Crippen LogP contribution in [0.2, 0.25) is 0 Å². The first kappa shape index (κ1) is 14.5. The van der Waals surface area contributed by atoms with Crippen LogP contribution >= 0.6 is 0 Å². The van der Waals surface area contributed by atoms with Gasteiger partial charge in [-0.05, 0) is 11.6 Å². The van der Waals surface area contributed by atoms with Gasteiger partial charge in [-0.2, -0.15) is 5.10 Å². The molecule has 2 N–H and O–H groups in total. The smallest absolute Gasteiger partial charge is 0.274 e. The monoisotopic (exact) mass is 298 g/mol. The summed E-state index contributed by atoms with van der Waals surface area (Å²) in [6.45, 7) is 1.05. The van der Waals surface area contributed by atoms with Crippen molar-refractivity contribution in [2.45, 2.75) is 12.0 Å². The Balaban J connectivity index is 1.80. The van der Waals surface area contributed by atoms with Gasteiger partial charge in [-0.15, -0.1) is 0 Å². The zero-order valence-corrected chi connectivity index (χ0v) is 12.3. The number of nitrogens with two attached hydrogens (primary N) is 1. The average Bonchev–Trinajstić information content (AvgIpc) is 2.92. The van der Waals surface area contributed by atoms with Gasteiger partial charge in [-0.25, -0.2) is 4.68 Å². The van der Waals surface area contributed by atoms with Gasteiger partial charge in [0.2, 0.25) is 0 Å².